The minimum absolute atomic E-state index is 0.414. The van der Waals surface area contributed by atoms with Gasteiger partial charge in [-0.1, -0.05) is 12.1 Å². The molecular formula is C15H13BrN4O. The van der Waals surface area contributed by atoms with Crippen molar-refractivity contribution in [3.05, 3.63) is 58.2 Å². The maximum Gasteiger partial charge on any atom is 0.248 e. The third-order valence-electron chi connectivity index (χ3n) is 3.24. The molecule has 0 aliphatic rings. The topological polar surface area (TPSA) is 83.8 Å². The van der Waals surface area contributed by atoms with Crippen molar-refractivity contribution in [2.24, 2.45) is 5.73 Å². The molecule has 6 heteroatoms. The summed E-state index contributed by atoms with van der Waals surface area (Å²) in [6.45, 7) is 0.658. The van der Waals surface area contributed by atoms with Crippen LogP contribution in [0.1, 0.15) is 15.9 Å². The first kappa shape index (κ1) is 13.6. The van der Waals surface area contributed by atoms with Crippen LogP contribution in [0, 0.1) is 0 Å². The number of nitrogens with one attached hydrogen (secondary N) is 2. The number of fused-ring (bicyclic) bond motifs is 1. The molecule has 0 aliphatic carbocycles. The van der Waals surface area contributed by atoms with Crippen molar-refractivity contribution < 1.29 is 4.79 Å². The Morgan fingerprint density at radius 3 is 2.76 bits per heavy atom. The summed E-state index contributed by atoms with van der Waals surface area (Å²) >= 11 is 3.53. The van der Waals surface area contributed by atoms with E-state index in [-0.39, 0.29) is 0 Å². The molecule has 1 amide bonds. The lowest BCUT2D eigenvalue weighted by Gasteiger charge is -2.08. The largest absolute Gasteiger partial charge is 0.381 e. The first-order chi connectivity index (χ1) is 10.1. The van der Waals surface area contributed by atoms with Crippen molar-refractivity contribution in [1.82, 2.24) is 10.2 Å². The summed E-state index contributed by atoms with van der Waals surface area (Å²) in [5.41, 5.74) is 8.76. The number of hydrogen-bond acceptors (Lipinski definition) is 3. The van der Waals surface area contributed by atoms with Crippen molar-refractivity contribution in [2.45, 2.75) is 6.54 Å². The molecule has 0 atom stereocenters. The van der Waals surface area contributed by atoms with Gasteiger partial charge in [0.15, 0.2) is 0 Å². The van der Waals surface area contributed by atoms with Gasteiger partial charge in [0.05, 0.1) is 11.7 Å². The Balaban J connectivity index is 1.75. The van der Waals surface area contributed by atoms with Gasteiger partial charge in [-0.05, 0) is 45.8 Å². The summed E-state index contributed by atoms with van der Waals surface area (Å²) in [5.74, 6) is -0.414. The molecule has 0 bridgehead atoms. The van der Waals surface area contributed by atoms with Gasteiger partial charge in [-0.3, -0.25) is 9.89 Å². The summed E-state index contributed by atoms with van der Waals surface area (Å²) in [6, 6.07) is 11.2. The van der Waals surface area contributed by atoms with E-state index in [0.29, 0.717) is 12.1 Å². The second-order valence-corrected chi connectivity index (χ2v) is 5.56. The molecule has 4 N–H and O–H groups in total. The van der Waals surface area contributed by atoms with Crippen LogP contribution in [-0.4, -0.2) is 16.1 Å². The van der Waals surface area contributed by atoms with Crippen LogP contribution >= 0.6 is 15.9 Å². The van der Waals surface area contributed by atoms with E-state index in [4.69, 9.17) is 5.73 Å². The fourth-order valence-electron chi connectivity index (χ4n) is 2.10. The van der Waals surface area contributed by atoms with E-state index in [2.05, 4.69) is 31.4 Å². The van der Waals surface area contributed by atoms with Crippen LogP contribution in [0.5, 0.6) is 0 Å². The van der Waals surface area contributed by atoms with E-state index >= 15 is 0 Å². The molecule has 3 rings (SSSR count). The lowest BCUT2D eigenvalue weighted by Crippen LogP contribution is -2.10. The third kappa shape index (κ3) is 2.90. The van der Waals surface area contributed by atoms with Crippen molar-refractivity contribution in [3.63, 3.8) is 0 Å². The third-order valence-corrected chi connectivity index (χ3v) is 3.90. The molecule has 0 saturated heterocycles. The van der Waals surface area contributed by atoms with Gasteiger partial charge in [0.25, 0.3) is 0 Å². The van der Waals surface area contributed by atoms with E-state index in [1.54, 1.807) is 18.3 Å². The molecule has 0 fully saturated rings. The number of aromatic nitrogens is 2. The molecule has 0 radical (unpaired) electrons. The Morgan fingerprint density at radius 2 is 2.05 bits per heavy atom. The number of anilines is 1. The first-order valence-corrected chi connectivity index (χ1v) is 7.18. The highest BCUT2D eigenvalue weighted by molar-refractivity contribution is 9.10. The van der Waals surface area contributed by atoms with Gasteiger partial charge in [-0.25, -0.2) is 0 Å². The monoisotopic (exact) mass is 344 g/mol. The number of H-pyrrole nitrogens is 1. The molecule has 1 heterocycles. The fraction of sp³-hybridized carbons (Fsp3) is 0.0667. The molecule has 0 spiro atoms. The Hall–Kier alpha value is -2.34. The minimum atomic E-state index is -0.414. The number of nitrogens with zero attached hydrogens (tertiary/aromatic N) is 1. The zero-order chi connectivity index (χ0) is 14.8. The van der Waals surface area contributed by atoms with Crippen molar-refractivity contribution >= 4 is 38.4 Å². The van der Waals surface area contributed by atoms with Crippen LogP contribution < -0.4 is 11.1 Å². The molecule has 0 aliphatic heterocycles. The van der Waals surface area contributed by atoms with E-state index in [0.717, 1.165) is 26.6 Å². The highest BCUT2D eigenvalue weighted by Crippen LogP contribution is 2.26. The maximum atomic E-state index is 11.0. The summed E-state index contributed by atoms with van der Waals surface area (Å²) in [6.07, 6.45) is 1.78. The SMILES string of the molecule is NC(=O)c1ccc(CNc2cc(Br)c3cn[nH]c3c2)cc1. The molecule has 1 aromatic heterocycles. The Bertz CT molecular complexity index is 795. The predicted octanol–water partition coefficient (Wildman–Crippen LogP) is 3.04. The van der Waals surface area contributed by atoms with Gasteiger partial charge >= 0.3 is 0 Å². The number of carbonyl (C=O) groups is 1. The Kier molecular flexibility index (Phi) is 3.62. The zero-order valence-electron chi connectivity index (χ0n) is 11.1. The average Bonchev–Trinajstić information content (AvgIpc) is 2.94. The van der Waals surface area contributed by atoms with E-state index in [1.165, 1.54) is 0 Å². The quantitative estimate of drug-likeness (QED) is 0.680. The number of nitrogens with two attached hydrogens (primary N) is 1. The number of halogens is 1. The molecule has 106 valence electrons. The van der Waals surface area contributed by atoms with Crippen LogP contribution in [0.4, 0.5) is 5.69 Å². The van der Waals surface area contributed by atoms with E-state index in [9.17, 15) is 4.79 Å². The second kappa shape index (κ2) is 5.57. The molecule has 3 aromatic rings. The number of aromatic amines is 1. The molecular weight excluding hydrogens is 332 g/mol. The number of carbonyl (C=O) groups excluding carboxylic acids is 1. The molecule has 21 heavy (non-hydrogen) atoms. The summed E-state index contributed by atoms with van der Waals surface area (Å²) in [5, 5.41) is 11.4. The Morgan fingerprint density at radius 1 is 1.29 bits per heavy atom. The van der Waals surface area contributed by atoms with Crippen molar-refractivity contribution in [3.8, 4) is 0 Å². The second-order valence-electron chi connectivity index (χ2n) is 4.70. The highest BCUT2D eigenvalue weighted by atomic mass is 79.9. The zero-order valence-corrected chi connectivity index (χ0v) is 12.6. The van der Waals surface area contributed by atoms with Crippen molar-refractivity contribution in [2.75, 3.05) is 5.32 Å². The average molecular weight is 345 g/mol. The molecule has 0 saturated carbocycles. The van der Waals surface area contributed by atoms with Gasteiger partial charge in [0, 0.05) is 27.7 Å². The number of amides is 1. The summed E-state index contributed by atoms with van der Waals surface area (Å²) < 4.78 is 0.986. The van der Waals surface area contributed by atoms with E-state index in [1.807, 2.05) is 24.3 Å². The summed E-state index contributed by atoms with van der Waals surface area (Å²) in [4.78, 5) is 11.0. The van der Waals surface area contributed by atoms with Crippen molar-refractivity contribution in [1.29, 1.82) is 0 Å². The number of rotatable bonds is 4. The Labute approximate surface area is 129 Å². The fourth-order valence-corrected chi connectivity index (χ4v) is 2.66. The smallest absolute Gasteiger partial charge is 0.248 e. The standard InChI is InChI=1S/C15H13BrN4O/c16-13-5-11(6-14-12(13)8-19-20-14)18-7-9-1-3-10(4-2-9)15(17)21/h1-6,8,18H,7H2,(H2,17,21)(H,19,20). The van der Waals surface area contributed by atoms with Gasteiger partial charge in [-0.2, -0.15) is 5.10 Å². The van der Waals surface area contributed by atoms with Gasteiger partial charge in [0.1, 0.15) is 0 Å². The lowest BCUT2D eigenvalue weighted by atomic mass is 10.1. The van der Waals surface area contributed by atoms with Gasteiger partial charge in [0.2, 0.25) is 5.91 Å². The van der Waals surface area contributed by atoms with Crippen LogP contribution in [0.2, 0.25) is 0 Å². The van der Waals surface area contributed by atoms with Gasteiger partial charge in [-0.15, -0.1) is 0 Å². The molecule has 5 nitrogen and oxygen atoms in total. The lowest BCUT2D eigenvalue weighted by molar-refractivity contribution is 0.100. The first-order valence-electron chi connectivity index (χ1n) is 6.39. The summed E-state index contributed by atoms with van der Waals surface area (Å²) in [7, 11) is 0. The van der Waals surface area contributed by atoms with E-state index < -0.39 is 5.91 Å². The van der Waals surface area contributed by atoms with Crippen LogP contribution in [0.15, 0.2) is 47.1 Å². The molecule has 2 aromatic carbocycles. The predicted molar refractivity (Wildman–Crippen MR) is 86.1 cm³/mol. The van der Waals surface area contributed by atoms with Crippen LogP contribution in [0.25, 0.3) is 10.9 Å². The number of primary amides is 1. The normalized spacial score (nSPS) is 10.7. The number of benzene rings is 2. The molecule has 0 unspecified atom stereocenters. The van der Waals surface area contributed by atoms with Gasteiger partial charge < -0.3 is 11.1 Å². The van der Waals surface area contributed by atoms with Crippen LogP contribution in [-0.2, 0) is 6.54 Å². The number of hydrogen-bond donors (Lipinski definition) is 3. The highest BCUT2D eigenvalue weighted by Gasteiger charge is 2.04. The minimum Gasteiger partial charge on any atom is -0.381 e. The van der Waals surface area contributed by atoms with Crippen LogP contribution in [0.3, 0.4) is 0 Å². The maximum absolute atomic E-state index is 11.0.